The molecule has 2 aliphatic heterocycles. The van der Waals surface area contributed by atoms with Crippen LogP contribution in [0.25, 0.3) is 0 Å². The number of carbonyl (C=O) groups is 1. The number of hydrogen-bond donors (Lipinski definition) is 0. The summed E-state index contributed by atoms with van der Waals surface area (Å²) in [6, 6.07) is 0. The molecule has 23 heavy (non-hydrogen) atoms. The maximum atomic E-state index is 12.3. The van der Waals surface area contributed by atoms with E-state index in [-0.39, 0.29) is 0 Å². The van der Waals surface area contributed by atoms with Crippen LogP contribution in [0.4, 0.5) is 0 Å². The monoisotopic (exact) mass is 336 g/mol. The van der Waals surface area contributed by atoms with Gasteiger partial charge in [0.25, 0.3) is 0 Å². The van der Waals surface area contributed by atoms with E-state index in [1.807, 2.05) is 22.4 Å². The zero-order valence-electron chi connectivity index (χ0n) is 14.3. The number of piperidine rings is 1. The number of aryl methyl sites for hydroxylation is 1. The molecule has 2 saturated heterocycles. The maximum absolute atomic E-state index is 12.3. The van der Waals surface area contributed by atoms with Gasteiger partial charge in [-0.05, 0) is 39.9 Å². The highest BCUT2D eigenvalue weighted by atomic mass is 32.1. The normalized spacial score (nSPS) is 21.7. The summed E-state index contributed by atoms with van der Waals surface area (Å²) in [7, 11) is 2.12. The lowest BCUT2D eigenvalue weighted by molar-refractivity contribution is -0.133. The number of amides is 1. The van der Waals surface area contributed by atoms with E-state index in [2.05, 4.69) is 28.8 Å². The van der Waals surface area contributed by atoms with Crippen molar-refractivity contribution in [2.24, 2.45) is 0 Å². The van der Waals surface area contributed by atoms with Crippen LogP contribution in [0.3, 0.4) is 0 Å². The van der Waals surface area contributed by atoms with E-state index in [1.165, 1.54) is 22.7 Å². The van der Waals surface area contributed by atoms with Crippen LogP contribution >= 0.6 is 11.3 Å². The first-order chi connectivity index (χ1) is 11.1. The van der Waals surface area contributed by atoms with Gasteiger partial charge in [0.15, 0.2) is 0 Å². The van der Waals surface area contributed by atoms with Crippen LogP contribution in [0, 0.1) is 6.92 Å². The molecule has 6 heteroatoms. The van der Waals surface area contributed by atoms with Gasteiger partial charge in [-0.3, -0.25) is 4.79 Å². The molecule has 0 radical (unpaired) electrons. The van der Waals surface area contributed by atoms with Crippen LogP contribution in [0.2, 0.25) is 0 Å². The molecule has 1 aromatic rings. The third-order valence-electron chi connectivity index (χ3n) is 5.07. The molecule has 128 valence electrons. The Morgan fingerprint density at radius 3 is 2.52 bits per heavy atom. The number of likely N-dealkylation sites (N-methyl/N-ethyl adjacent to an activating group) is 1. The molecule has 0 N–H and O–H groups in total. The van der Waals surface area contributed by atoms with Crippen LogP contribution in [0.1, 0.15) is 35.1 Å². The van der Waals surface area contributed by atoms with E-state index in [1.54, 1.807) is 0 Å². The average Bonchev–Trinajstić information content (AvgIpc) is 3.00. The van der Waals surface area contributed by atoms with Gasteiger partial charge in [0.2, 0.25) is 5.91 Å². The van der Waals surface area contributed by atoms with Gasteiger partial charge in [0, 0.05) is 56.1 Å². The molecule has 0 bridgehead atoms. The van der Waals surface area contributed by atoms with Crippen molar-refractivity contribution in [2.45, 2.75) is 32.1 Å². The highest BCUT2D eigenvalue weighted by molar-refractivity contribution is 7.11. The summed E-state index contributed by atoms with van der Waals surface area (Å²) in [6.07, 6.45) is 5.01. The van der Waals surface area contributed by atoms with E-state index >= 15 is 0 Å². The molecule has 2 fully saturated rings. The Hall–Kier alpha value is -0.980. The van der Waals surface area contributed by atoms with Gasteiger partial charge in [0.1, 0.15) is 0 Å². The lowest BCUT2D eigenvalue weighted by Gasteiger charge is -2.34. The lowest BCUT2D eigenvalue weighted by atomic mass is 9.97. The van der Waals surface area contributed by atoms with Crippen LogP contribution in [0.15, 0.2) is 6.20 Å². The fourth-order valence-corrected chi connectivity index (χ4v) is 4.38. The molecule has 3 rings (SSSR count). The van der Waals surface area contributed by atoms with E-state index in [0.29, 0.717) is 18.2 Å². The first kappa shape index (κ1) is 16.9. The minimum absolute atomic E-state index is 0.329. The summed E-state index contributed by atoms with van der Waals surface area (Å²) in [4.78, 5) is 24.9. The SMILES string of the molecule is Cc1cnc(C2CCN(CCC(=O)N3CCN(C)CC3)CC2)s1. The molecule has 1 aromatic heterocycles. The summed E-state index contributed by atoms with van der Waals surface area (Å²) in [5.41, 5.74) is 0. The van der Waals surface area contributed by atoms with Gasteiger partial charge in [-0.15, -0.1) is 11.3 Å². The molecule has 5 nitrogen and oxygen atoms in total. The number of rotatable bonds is 4. The van der Waals surface area contributed by atoms with Crippen molar-refractivity contribution in [1.82, 2.24) is 19.7 Å². The molecule has 0 aromatic carbocycles. The minimum atomic E-state index is 0.329. The molecule has 0 unspecified atom stereocenters. The second-order valence-electron chi connectivity index (χ2n) is 6.86. The Bertz CT molecular complexity index is 516. The van der Waals surface area contributed by atoms with Gasteiger partial charge in [0.05, 0.1) is 5.01 Å². The molecule has 1 amide bonds. The van der Waals surface area contributed by atoms with Gasteiger partial charge in [-0.1, -0.05) is 0 Å². The second-order valence-corrected chi connectivity index (χ2v) is 8.13. The number of hydrogen-bond acceptors (Lipinski definition) is 5. The Labute approximate surface area is 143 Å². The Morgan fingerprint density at radius 2 is 1.91 bits per heavy atom. The van der Waals surface area contributed by atoms with Crippen molar-refractivity contribution in [3.05, 3.63) is 16.1 Å². The summed E-state index contributed by atoms with van der Waals surface area (Å²) < 4.78 is 0. The van der Waals surface area contributed by atoms with E-state index < -0.39 is 0 Å². The van der Waals surface area contributed by atoms with Crippen molar-refractivity contribution >= 4 is 17.2 Å². The minimum Gasteiger partial charge on any atom is -0.340 e. The number of likely N-dealkylation sites (tertiary alicyclic amines) is 1. The quantitative estimate of drug-likeness (QED) is 0.840. The van der Waals surface area contributed by atoms with Crippen LogP contribution in [-0.4, -0.2) is 78.5 Å². The highest BCUT2D eigenvalue weighted by Gasteiger charge is 2.24. The number of piperazine rings is 1. The number of carbonyl (C=O) groups excluding carboxylic acids is 1. The van der Waals surface area contributed by atoms with Crippen molar-refractivity contribution in [3.63, 3.8) is 0 Å². The first-order valence-electron chi connectivity index (χ1n) is 8.73. The average molecular weight is 337 g/mol. The zero-order valence-corrected chi connectivity index (χ0v) is 15.1. The fourth-order valence-electron chi connectivity index (χ4n) is 3.43. The molecule has 2 aliphatic rings. The van der Waals surface area contributed by atoms with Crippen molar-refractivity contribution in [2.75, 3.05) is 52.9 Å². The summed E-state index contributed by atoms with van der Waals surface area (Å²) >= 11 is 1.84. The summed E-state index contributed by atoms with van der Waals surface area (Å²) in [5.74, 6) is 0.953. The van der Waals surface area contributed by atoms with Gasteiger partial charge >= 0.3 is 0 Å². The molecular weight excluding hydrogens is 308 g/mol. The number of aromatic nitrogens is 1. The third kappa shape index (κ3) is 4.52. The second kappa shape index (κ2) is 7.73. The molecule has 0 atom stereocenters. The molecule has 3 heterocycles. The van der Waals surface area contributed by atoms with Crippen LogP contribution in [0.5, 0.6) is 0 Å². The third-order valence-corrected chi connectivity index (χ3v) is 6.15. The Morgan fingerprint density at radius 1 is 1.22 bits per heavy atom. The molecule has 0 spiro atoms. The van der Waals surface area contributed by atoms with Crippen molar-refractivity contribution in [1.29, 1.82) is 0 Å². The van der Waals surface area contributed by atoms with E-state index in [4.69, 9.17) is 0 Å². The Kier molecular flexibility index (Phi) is 5.67. The largest absolute Gasteiger partial charge is 0.340 e. The molecule has 0 aliphatic carbocycles. The van der Waals surface area contributed by atoms with Gasteiger partial charge < -0.3 is 14.7 Å². The van der Waals surface area contributed by atoms with E-state index in [9.17, 15) is 4.79 Å². The topological polar surface area (TPSA) is 39.7 Å². The predicted molar refractivity (Wildman–Crippen MR) is 94.0 cm³/mol. The zero-order chi connectivity index (χ0) is 16.2. The summed E-state index contributed by atoms with van der Waals surface area (Å²) in [6.45, 7) is 9.02. The van der Waals surface area contributed by atoms with Crippen LogP contribution in [-0.2, 0) is 4.79 Å². The van der Waals surface area contributed by atoms with Gasteiger partial charge in [-0.25, -0.2) is 4.98 Å². The lowest BCUT2D eigenvalue weighted by Crippen LogP contribution is -2.48. The fraction of sp³-hybridized carbons (Fsp3) is 0.765. The Balaban J connectivity index is 1.38. The predicted octanol–water partition coefficient (Wildman–Crippen LogP) is 1.80. The van der Waals surface area contributed by atoms with Crippen molar-refractivity contribution in [3.8, 4) is 0 Å². The number of nitrogens with zero attached hydrogens (tertiary/aromatic N) is 4. The number of thiazole rings is 1. The van der Waals surface area contributed by atoms with E-state index in [0.717, 1.165) is 45.8 Å². The maximum Gasteiger partial charge on any atom is 0.223 e. The van der Waals surface area contributed by atoms with Crippen LogP contribution < -0.4 is 0 Å². The van der Waals surface area contributed by atoms with Gasteiger partial charge in [-0.2, -0.15) is 0 Å². The summed E-state index contributed by atoms with van der Waals surface area (Å²) in [5, 5.41) is 1.30. The van der Waals surface area contributed by atoms with Crippen molar-refractivity contribution < 1.29 is 4.79 Å². The standard InChI is InChI=1S/C17H28N4OS/c1-14-13-18-17(23-14)15-3-6-20(7-4-15)8-5-16(22)21-11-9-19(2)10-12-21/h13,15H,3-12H2,1-2H3. The smallest absolute Gasteiger partial charge is 0.223 e. The molecule has 0 saturated carbocycles. The molecular formula is C17H28N4OS. The highest BCUT2D eigenvalue weighted by Crippen LogP contribution is 2.30. The first-order valence-corrected chi connectivity index (χ1v) is 9.54.